The van der Waals surface area contributed by atoms with Gasteiger partial charge in [-0.05, 0) is 23.8 Å². The Morgan fingerprint density at radius 1 is 0.906 bits per heavy atom. The normalized spacial score (nSPS) is 16.7. The van der Waals surface area contributed by atoms with Crippen molar-refractivity contribution in [3.63, 3.8) is 0 Å². The monoisotopic (exact) mass is 462 g/mol. The number of nitrogens with one attached hydrogen (secondary N) is 1. The minimum absolute atomic E-state index is 0.0854. The largest absolute Gasteiger partial charge is 0.492 e. The van der Waals surface area contributed by atoms with Gasteiger partial charge in [-0.25, -0.2) is 0 Å². The number of alkyl halides is 6. The second kappa shape index (κ2) is 10.5. The third-order valence-electron chi connectivity index (χ3n) is 5.10. The Labute approximate surface area is 182 Å². The molecule has 0 saturated carbocycles. The molecule has 0 bridgehead atoms. The van der Waals surface area contributed by atoms with Gasteiger partial charge >= 0.3 is 12.4 Å². The number of hydrogen-bond donors (Lipinski definition) is 1. The zero-order valence-corrected chi connectivity index (χ0v) is 17.2. The molecule has 1 N–H and O–H groups in total. The molecule has 1 aliphatic heterocycles. The van der Waals surface area contributed by atoms with Crippen LogP contribution in [0.15, 0.2) is 48.5 Å². The van der Waals surface area contributed by atoms with E-state index in [9.17, 15) is 26.3 Å². The van der Waals surface area contributed by atoms with Gasteiger partial charge in [0.25, 0.3) is 0 Å². The van der Waals surface area contributed by atoms with Crippen LogP contribution in [0.2, 0.25) is 0 Å². The van der Waals surface area contributed by atoms with Crippen LogP contribution in [0.25, 0.3) is 0 Å². The van der Waals surface area contributed by atoms with Crippen molar-refractivity contribution in [2.45, 2.75) is 18.4 Å². The summed E-state index contributed by atoms with van der Waals surface area (Å²) in [6, 6.07) is 9.92. The fourth-order valence-corrected chi connectivity index (χ4v) is 3.37. The predicted molar refractivity (Wildman–Crippen MR) is 106 cm³/mol. The summed E-state index contributed by atoms with van der Waals surface area (Å²) in [7, 11) is 0. The van der Waals surface area contributed by atoms with E-state index in [2.05, 4.69) is 10.2 Å². The molecule has 4 nitrogen and oxygen atoms in total. The van der Waals surface area contributed by atoms with Crippen molar-refractivity contribution < 1.29 is 35.8 Å². The van der Waals surface area contributed by atoms with Crippen molar-refractivity contribution >= 4 is 0 Å². The molecule has 1 unspecified atom stereocenters. The van der Waals surface area contributed by atoms with E-state index in [0.717, 1.165) is 25.2 Å². The summed E-state index contributed by atoms with van der Waals surface area (Å²) < 4.78 is 89.3. The highest BCUT2D eigenvalue weighted by atomic mass is 19.4. The van der Waals surface area contributed by atoms with Gasteiger partial charge in [0, 0.05) is 26.2 Å². The summed E-state index contributed by atoms with van der Waals surface area (Å²) in [4.78, 5) is 2.21. The van der Waals surface area contributed by atoms with E-state index in [1.165, 1.54) is 0 Å². The summed E-state index contributed by atoms with van der Waals surface area (Å²) in [5.74, 6) is -0.483. The molecule has 1 aliphatic rings. The van der Waals surface area contributed by atoms with Gasteiger partial charge in [-0.15, -0.1) is 0 Å². The van der Waals surface area contributed by atoms with Gasteiger partial charge in [-0.2, -0.15) is 26.3 Å². The molecular weight excluding hydrogens is 438 g/mol. The number of benzene rings is 2. The zero-order valence-electron chi connectivity index (χ0n) is 17.2. The maximum atomic E-state index is 13.1. The fourth-order valence-electron chi connectivity index (χ4n) is 3.37. The van der Waals surface area contributed by atoms with Crippen molar-refractivity contribution in [1.29, 1.82) is 0 Å². The van der Waals surface area contributed by atoms with Gasteiger partial charge in [0.05, 0.1) is 30.4 Å². The van der Waals surface area contributed by atoms with Crippen LogP contribution in [0.4, 0.5) is 26.3 Å². The maximum Gasteiger partial charge on any atom is 0.416 e. The van der Waals surface area contributed by atoms with E-state index >= 15 is 0 Å². The van der Waals surface area contributed by atoms with E-state index in [0.29, 0.717) is 31.9 Å². The highest BCUT2D eigenvalue weighted by Gasteiger charge is 2.37. The lowest BCUT2D eigenvalue weighted by Gasteiger charge is -2.28. The SMILES string of the molecule is FC(F)(F)c1cc(OCC(NCCN2CCOCC2)c2ccccc2)cc(C(F)(F)F)c1. The van der Waals surface area contributed by atoms with E-state index in [4.69, 9.17) is 9.47 Å². The molecule has 2 aromatic carbocycles. The van der Waals surface area contributed by atoms with Crippen LogP contribution in [0.3, 0.4) is 0 Å². The van der Waals surface area contributed by atoms with Crippen molar-refractivity contribution in [3.8, 4) is 5.75 Å². The fraction of sp³-hybridized carbons (Fsp3) is 0.455. The minimum Gasteiger partial charge on any atom is -0.492 e. The highest BCUT2D eigenvalue weighted by Crippen LogP contribution is 2.38. The van der Waals surface area contributed by atoms with Gasteiger partial charge in [-0.3, -0.25) is 4.90 Å². The third kappa shape index (κ3) is 7.11. The van der Waals surface area contributed by atoms with Crippen LogP contribution >= 0.6 is 0 Å². The molecule has 0 aliphatic carbocycles. The number of ether oxygens (including phenoxy) is 2. The van der Waals surface area contributed by atoms with E-state index in [-0.39, 0.29) is 12.7 Å². The molecule has 176 valence electrons. The molecule has 0 aromatic heterocycles. The molecule has 0 radical (unpaired) electrons. The van der Waals surface area contributed by atoms with Gasteiger partial charge < -0.3 is 14.8 Å². The maximum absolute atomic E-state index is 13.1. The standard InChI is InChI=1S/C22H24F6N2O2/c23-21(24,25)17-12-18(22(26,27)28)14-19(13-17)32-15-20(16-4-2-1-3-5-16)29-6-7-30-8-10-31-11-9-30/h1-5,12-14,20,29H,6-11,15H2. The first kappa shape index (κ1) is 24.3. The topological polar surface area (TPSA) is 33.7 Å². The number of morpholine rings is 1. The van der Waals surface area contributed by atoms with Crippen molar-refractivity contribution in [3.05, 3.63) is 65.2 Å². The van der Waals surface area contributed by atoms with Crippen molar-refractivity contribution in [2.75, 3.05) is 46.0 Å². The van der Waals surface area contributed by atoms with Crippen LogP contribution in [0, 0.1) is 0 Å². The molecule has 1 saturated heterocycles. The molecule has 32 heavy (non-hydrogen) atoms. The molecule has 10 heteroatoms. The Bertz CT molecular complexity index is 819. The van der Waals surface area contributed by atoms with Gasteiger partial charge in [0.15, 0.2) is 0 Å². The zero-order chi connectivity index (χ0) is 23.2. The molecule has 2 aromatic rings. The summed E-state index contributed by atoms with van der Waals surface area (Å²) in [6.07, 6.45) is -9.84. The van der Waals surface area contributed by atoms with Crippen LogP contribution in [0.5, 0.6) is 5.75 Å². The van der Waals surface area contributed by atoms with Crippen LogP contribution in [-0.4, -0.2) is 50.9 Å². The van der Waals surface area contributed by atoms with Crippen LogP contribution in [-0.2, 0) is 17.1 Å². The first-order chi connectivity index (χ1) is 15.1. The number of nitrogens with zero attached hydrogens (tertiary/aromatic N) is 1. The molecule has 0 amide bonds. The number of rotatable bonds is 8. The molecule has 1 atom stereocenters. The smallest absolute Gasteiger partial charge is 0.416 e. The Morgan fingerprint density at radius 3 is 2.06 bits per heavy atom. The molecule has 1 fully saturated rings. The second-order valence-corrected chi connectivity index (χ2v) is 7.42. The predicted octanol–water partition coefficient (Wildman–Crippen LogP) is 4.77. The van der Waals surface area contributed by atoms with Crippen molar-refractivity contribution in [1.82, 2.24) is 10.2 Å². The van der Waals surface area contributed by atoms with E-state index in [1.54, 1.807) is 12.1 Å². The summed E-state index contributed by atoms with van der Waals surface area (Å²) in [6.45, 7) is 4.08. The summed E-state index contributed by atoms with van der Waals surface area (Å²) >= 11 is 0. The lowest BCUT2D eigenvalue weighted by molar-refractivity contribution is -0.143. The average Bonchev–Trinajstić information content (AvgIpc) is 2.76. The first-order valence-electron chi connectivity index (χ1n) is 10.1. The first-order valence-corrected chi connectivity index (χ1v) is 10.1. The van der Waals surface area contributed by atoms with Crippen LogP contribution in [0.1, 0.15) is 22.7 Å². The molecule has 1 heterocycles. The molecule has 3 rings (SSSR count). The quantitative estimate of drug-likeness (QED) is 0.574. The minimum atomic E-state index is -4.92. The Hall–Kier alpha value is -2.30. The average molecular weight is 462 g/mol. The highest BCUT2D eigenvalue weighted by molar-refractivity contribution is 5.37. The second-order valence-electron chi connectivity index (χ2n) is 7.42. The molecule has 0 spiro atoms. The van der Waals surface area contributed by atoms with Gasteiger partial charge in [0.2, 0.25) is 0 Å². The van der Waals surface area contributed by atoms with Gasteiger partial charge in [0.1, 0.15) is 12.4 Å². The lowest BCUT2D eigenvalue weighted by atomic mass is 10.1. The van der Waals surface area contributed by atoms with E-state index < -0.39 is 35.3 Å². The Morgan fingerprint density at radius 2 is 1.50 bits per heavy atom. The van der Waals surface area contributed by atoms with Crippen molar-refractivity contribution in [2.24, 2.45) is 0 Å². The summed E-state index contributed by atoms with van der Waals surface area (Å²) in [5, 5.41) is 3.29. The third-order valence-corrected chi connectivity index (χ3v) is 5.10. The number of halogens is 6. The lowest BCUT2D eigenvalue weighted by Crippen LogP contribution is -2.41. The Kier molecular flexibility index (Phi) is 8.02. The number of hydrogen-bond acceptors (Lipinski definition) is 4. The van der Waals surface area contributed by atoms with E-state index in [1.807, 2.05) is 18.2 Å². The van der Waals surface area contributed by atoms with Crippen LogP contribution < -0.4 is 10.1 Å². The molecular formula is C22H24F6N2O2. The summed E-state index contributed by atoms with van der Waals surface area (Å²) in [5.41, 5.74) is -1.99. The van der Waals surface area contributed by atoms with Gasteiger partial charge in [-0.1, -0.05) is 30.3 Å². The Balaban J connectivity index is 1.72.